The molecule has 0 aliphatic carbocycles. The highest BCUT2D eigenvalue weighted by molar-refractivity contribution is 5.67. The van der Waals surface area contributed by atoms with E-state index in [1.807, 2.05) is 0 Å². The molecule has 4 rings (SSSR count). The lowest BCUT2D eigenvalue weighted by atomic mass is 10.1. The van der Waals surface area contributed by atoms with Gasteiger partial charge in [-0.05, 0) is 41.3 Å². The molecular formula is C22H14F3N3O3. The molecule has 0 aliphatic rings. The smallest absolute Gasteiger partial charge is 0.333 e. The molecule has 0 fully saturated rings. The zero-order valence-electron chi connectivity index (χ0n) is 16.2. The van der Waals surface area contributed by atoms with Crippen molar-refractivity contribution in [3.8, 4) is 11.8 Å². The topological polar surface area (TPSA) is 70.0 Å². The first-order valence-corrected chi connectivity index (χ1v) is 9.11. The van der Waals surface area contributed by atoms with Gasteiger partial charge in [0.25, 0.3) is 11.4 Å². The van der Waals surface area contributed by atoms with E-state index in [0.717, 1.165) is 26.8 Å². The molecule has 0 bridgehead atoms. The summed E-state index contributed by atoms with van der Waals surface area (Å²) in [6.07, 6.45) is 0.304. The largest absolute Gasteiger partial charge is 0.412 e. The standard InChI is InChI=1S/C22H14F3N3O3/c1-27-21-19(26-18(31-21)4-2-3-13-5-8-15(23)9-6-13)20(29)28(22(27)30)12-14-7-10-16(24)17(25)11-14/h5-11H,3,12H2,1H3. The van der Waals surface area contributed by atoms with Crippen molar-refractivity contribution in [3.63, 3.8) is 0 Å². The van der Waals surface area contributed by atoms with Gasteiger partial charge in [0, 0.05) is 13.5 Å². The highest BCUT2D eigenvalue weighted by Gasteiger charge is 2.17. The molecule has 0 saturated heterocycles. The maximum Gasteiger partial charge on any atom is 0.333 e. The summed E-state index contributed by atoms with van der Waals surface area (Å²) >= 11 is 0. The number of halogens is 3. The van der Waals surface area contributed by atoms with E-state index in [4.69, 9.17) is 4.42 Å². The molecule has 0 N–H and O–H groups in total. The van der Waals surface area contributed by atoms with Crippen molar-refractivity contribution < 1.29 is 17.6 Å². The van der Waals surface area contributed by atoms with Crippen LogP contribution in [0.5, 0.6) is 0 Å². The molecule has 2 aromatic heterocycles. The highest BCUT2D eigenvalue weighted by atomic mass is 19.2. The van der Waals surface area contributed by atoms with Gasteiger partial charge in [-0.1, -0.05) is 24.1 Å². The molecule has 4 aromatic rings. The number of aromatic nitrogens is 3. The number of rotatable bonds is 3. The normalized spacial score (nSPS) is 10.8. The van der Waals surface area contributed by atoms with E-state index in [1.54, 1.807) is 12.1 Å². The van der Waals surface area contributed by atoms with Crippen molar-refractivity contribution in [2.75, 3.05) is 0 Å². The van der Waals surface area contributed by atoms with E-state index in [0.29, 0.717) is 6.42 Å². The van der Waals surface area contributed by atoms with Crippen LogP contribution in [0.25, 0.3) is 11.2 Å². The minimum Gasteiger partial charge on any atom is -0.412 e. The SMILES string of the molecule is Cn1c(=O)n(Cc2ccc(F)c(F)c2)c(=O)c2nc(C#CCc3ccc(F)cc3)oc21. The average molecular weight is 425 g/mol. The predicted octanol–water partition coefficient (Wildman–Crippen LogP) is 2.75. The van der Waals surface area contributed by atoms with Gasteiger partial charge in [0.15, 0.2) is 17.2 Å². The van der Waals surface area contributed by atoms with E-state index in [2.05, 4.69) is 16.8 Å². The number of oxazole rings is 1. The van der Waals surface area contributed by atoms with Gasteiger partial charge in [-0.15, -0.1) is 0 Å². The Morgan fingerprint density at radius 2 is 1.71 bits per heavy atom. The van der Waals surface area contributed by atoms with Crippen LogP contribution in [-0.2, 0) is 20.0 Å². The number of nitrogens with zero attached hydrogens (tertiary/aromatic N) is 3. The Labute approximate surface area is 173 Å². The zero-order chi connectivity index (χ0) is 22.1. The van der Waals surface area contributed by atoms with Gasteiger partial charge in [-0.3, -0.25) is 13.9 Å². The Balaban J connectivity index is 1.69. The molecule has 156 valence electrons. The number of hydrogen-bond donors (Lipinski definition) is 0. The van der Waals surface area contributed by atoms with Gasteiger partial charge in [-0.2, -0.15) is 4.98 Å². The molecular weight excluding hydrogens is 411 g/mol. The molecule has 31 heavy (non-hydrogen) atoms. The molecule has 9 heteroatoms. The lowest BCUT2D eigenvalue weighted by molar-refractivity contribution is 0.505. The number of aryl methyl sites for hydroxylation is 1. The maximum atomic E-state index is 13.5. The summed E-state index contributed by atoms with van der Waals surface area (Å²) in [4.78, 5) is 29.4. The first-order chi connectivity index (χ1) is 14.8. The number of benzene rings is 2. The zero-order valence-corrected chi connectivity index (χ0v) is 16.2. The first kappa shape index (κ1) is 20.2. The van der Waals surface area contributed by atoms with Crippen molar-refractivity contribution in [1.82, 2.24) is 14.1 Å². The molecule has 6 nitrogen and oxygen atoms in total. The van der Waals surface area contributed by atoms with E-state index < -0.39 is 22.9 Å². The van der Waals surface area contributed by atoms with Crippen molar-refractivity contribution in [2.45, 2.75) is 13.0 Å². The summed E-state index contributed by atoms with van der Waals surface area (Å²) in [5, 5.41) is 0. The van der Waals surface area contributed by atoms with Crippen LogP contribution in [0.4, 0.5) is 13.2 Å². The van der Waals surface area contributed by atoms with Crippen molar-refractivity contribution in [3.05, 3.63) is 97.8 Å². The van der Waals surface area contributed by atoms with Crippen LogP contribution in [0.2, 0.25) is 0 Å². The lowest BCUT2D eigenvalue weighted by Crippen LogP contribution is -2.39. The predicted molar refractivity (Wildman–Crippen MR) is 106 cm³/mol. The van der Waals surface area contributed by atoms with Gasteiger partial charge < -0.3 is 4.42 Å². The molecule has 0 aliphatic heterocycles. The van der Waals surface area contributed by atoms with E-state index >= 15 is 0 Å². The fraction of sp³-hybridized carbons (Fsp3) is 0.136. The maximum absolute atomic E-state index is 13.5. The third-order valence-electron chi connectivity index (χ3n) is 4.61. The van der Waals surface area contributed by atoms with E-state index in [1.165, 1.54) is 25.2 Å². The third-order valence-corrected chi connectivity index (χ3v) is 4.61. The molecule has 0 radical (unpaired) electrons. The molecule has 0 saturated carbocycles. The Morgan fingerprint density at radius 1 is 1.00 bits per heavy atom. The minimum absolute atomic E-state index is 0.0531. The Kier molecular flexibility index (Phi) is 5.21. The van der Waals surface area contributed by atoms with Gasteiger partial charge in [0.1, 0.15) is 5.82 Å². The quantitative estimate of drug-likeness (QED) is 0.474. The van der Waals surface area contributed by atoms with E-state index in [-0.39, 0.29) is 35.0 Å². The van der Waals surface area contributed by atoms with E-state index in [9.17, 15) is 22.8 Å². The number of hydrogen-bond acceptors (Lipinski definition) is 4. The fourth-order valence-corrected chi connectivity index (χ4v) is 3.00. The Morgan fingerprint density at radius 3 is 2.42 bits per heavy atom. The lowest BCUT2D eigenvalue weighted by Gasteiger charge is -2.07. The van der Waals surface area contributed by atoms with Crippen LogP contribution in [0, 0.1) is 29.3 Å². The minimum atomic E-state index is -1.08. The second-order valence-electron chi connectivity index (χ2n) is 6.76. The summed E-state index contributed by atoms with van der Waals surface area (Å²) in [6.45, 7) is -0.267. The van der Waals surface area contributed by atoms with Crippen LogP contribution >= 0.6 is 0 Å². The summed E-state index contributed by atoms with van der Waals surface area (Å²) in [6, 6.07) is 8.95. The Bertz CT molecular complexity index is 1470. The molecule has 0 spiro atoms. The Hall–Kier alpha value is -4.06. The second kappa shape index (κ2) is 7.99. The summed E-state index contributed by atoms with van der Waals surface area (Å²) in [5.74, 6) is 2.97. The summed E-state index contributed by atoms with van der Waals surface area (Å²) < 4.78 is 47.0. The molecule has 0 amide bonds. The van der Waals surface area contributed by atoms with Crippen LogP contribution in [0.1, 0.15) is 17.0 Å². The average Bonchev–Trinajstić information content (AvgIpc) is 3.18. The number of fused-ring (bicyclic) bond motifs is 1. The van der Waals surface area contributed by atoms with Crippen LogP contribution in [-0.4, -0.2) is 14.1 Å². The van der Waals surface area contributed by atoms with Gasteiger partial charge in [-0.25, -0.2) is 18.0 Å². The van der Waals surface area contributed by atoms with Gasteiger partial charge >= 0.3 is 5.69 Å². The van der Waals surface area contributed by atoms with Crippen LogP contribution < -0.4 is 11.2 Å². The van der Waals surface area contributed by atoms with Gasteiger partial charge in [0.05, 0.1) is 6.54 Å². The summed E-state index contributed by atoms with van der Waals surface area (Å²) in [5.41, 5.74) is -0.590. The fourth-order valence-electron chi connectivity index (χ4n) is 3.00. The van der Waals surface area contributed by atoms with Crippen molar-refractivity contribution in [2.24, 2.45) is 7.05 Å². The summed E-state index contributed by atoms with van der Waals surface area (Å²) in [7, 11) is 1.40. The molecule has 2 heterocycles. The molecule has 0 atom stereocenters. The van der Waals surface area contributed by atoms with Crippen molar-refractivity contribution >= 4 is 11.2 Å². The molecule has 0 unspecified atom stereocenters. The first-order valence-electron chi connectivity index (χ1n) is 9.11. The van der Waals surface area contributed by atoms with Crippen LogP contribution in [0.15, 0.2) is 56.5 Å². The monoisotopic (exact) mass is 425 g/mol. The molecule has 2 aromatic carbocycles. The van der Waals surface area contributed by atoms with Crippen molar-refractivity contribution in [1.29, 1.82) is 0 Å². The van der Waals surface area contributed by atoms with Crippen LogP contribution in [0.3, 0.4) is 0 Å². The third kappa shape index (κ3) is 4.00. The van der Waals surface area contributed by atoms with Gasteiger partial charge in [0.2, 0.25) is 5.71 Å². The highest BCUT2D eigenvalue weighted by Crippen LogP contribution is 2.12. The second-order valence-corrected chi connectivity index (χ2v) is 6.76.